The van der Waals surface area contributed by atoms with Gasteiger partial charge in [-0.15, -0.1) is 11.3 Å². The first kappa shape index (κ1) is 19.1. The molecule has 182 valence electrons. The third kappa shape index (κ3) is 1.78. The molecule has 39 heavy (non-hydrogen) atoms. The van der Waals surface area contributed by atoms with E-state index in [1.54, 1.807) is 0 Å². The highest BCUT2D eigenvalue weighted by Gasteiger charge is 2.43. The summed E-state index contributed by atoms with van der Waals surface area (Å²) < 4.78 is 13.4. The first-order valence-corrected chi connectivity index (χ1v) is 15.7. The Labute approximate surface area is 226 Å². The van der Waals surface area contributed by atoms with Gasteiger partial charge in [-0.1, -0.05) is 6.07 Å². The molecule has 5 aromatic carbocycles. The molecule has 4 heterocycles. The lowest BCUT2D eigenvalue weighted by Gasteiger charge is -2.39. The largest absolute Gasteiger partial charge is 0.508 e. The van der Waals surface area contributed by atoms with Gasteiger partial charge in [0.1, 0.15) is 5.75 Å². The molecule has 4 nitrogen and oxygen atoms in total. The maximum atomic E-state index is 13.4. The van der Waals surface area contributed by atoms with E-state index in [1.165, 1.54) is 92.5 Å². The maximum absolute atomic E-state index is 13.4. The van der Waals surface area contributed by atoms with Crippen LogP contribution >= 0.6 is 11.3 Å². The molecule has 3 aromatic heterocycles. The minimum Gasteiger partial charge on any atom is -0.508 e. The first-order valence-electron chi connectivity index (χ1n) is 13.4. The number of rotatable bonds is 0. The van der Waals surface area contributed by atoms with Crippen molar-refractivity contribution in [3.8, 4) is 16.9 Å². The van der Waals surface area contributed by atoms with Crippen molar-refractivity contribution in [3.05, 3.63) is 80.4 Å². The predicted molar refractivity (Wildman–Crippen MR) is 159 cm³/mol. The van der Waals surface area contributed by atoms with Crippen molar-refractivity contribution in [2.45, 2.75) is 23.8 Å². The molecular formula is C33H16N2O2S2. The molecule has 2 N–H and O–H groups in total. The van der Waals surface area contributed by atoms with E-state index in [4.69, 9.17) is 4.98 Å². The molecule has 2 atom stereocenters. The molecular weight excluding hydrogens is 521 g/mol. The summed E-state index contributed by atoms with van der Waals surface area (Å²) in [6, 6.07) is 6.25. The Morgan fingerprint density at radius 2 is 1.74 bits per heavy atom. The number of hydrogen-bond acceptors (Lipinski definition) is 4. The number of aromatic nitrogens is 2. The van der Waals surface area contributed by atoms with Crippen LogP contribution in [0.25, 0.3) is 75.9 Å². The number of hydrogen-bond donors (Lipinski definition) is 2. The Kier molecular flexibility index (Phi) is 2.77. The van der Waals surface area contributed by atoms with Crippen LogP contribution in [0.15, 0.2) is 42.2 Å². The molecule has 1 aliphatic heterocycles. The molecule has 0 amide bonds. The maximum Gasteiger partial charge on any atom is 0.116 e. The number of fused-ring (bicyclic) bond motifs is 4. The van der Waals surface area contributed by atoms with Crippen molar-refractivity contribution in [1.82, 2.24) is 9.97 Å². The molecule has 0 radical (unpaired) electrons. The molecule has 2 unspecified atom stereocenters. The van der Waals surface area contributed by atoms with Gasteiger partial charge in [-0.25, -0.2) is 0 Å². The van der Waals surface area contributed by atoms with E-state index in [0.717, 1.165) is 28.1 Å². The quantitative estimate of drug-likeness (QED) is 0.154. The van der Waals surface area contributed by atoms with Gasteiger partial charge >= 0.3 is 0 Å². The second kappa shape index (κ2) is 5.64. The average Bonchev–Trinajstić information content (AvgIpc) is 3.57. The standard InChI is InChI=1S/C33H16N2O2S2/c36-13-2-11-1-12-3-21-26-18(8-38-21)15-5-34-6-16-19-9-39(37)10-20-25(19)31-30(24(15)16)29(26)23(12)28-22(11)14(4-13)17-7-35-33(20)27(17)32(28)31/h1-2,4-8,29,35-36H,3,9-10H2. The van der Waals surface area contributed by atoms with Crippen LogP contribution in [-0.4, -0.2) is 19.3 Å². The number of pyridine rings is 1. The number of nitrogens with one attached hydrogen (secondary N) is 1. The minimum atomic E-state index is -0.985. The monoisotopic (exact) mass is 536 g/mol. The van der Waals surface area contributed by atoms with Gasteiger partial charge in [-0.3, -0.25) is 9.19 Å². The normalized spacial score (nSPS) is 19.7. The summed E-state index contributed by atoms with van der Waals surface area (Å²) in [6.07, 6.45) is 7.14. The van der Waals surface area contributed by atoms with Gasteiger partial charge < -0.3 is 10.1 Å². The van der Waals surface area contributed by atoms with Gasteiger partial charge in [-0.05, 0) is 94.2 Å². The van der Waals surface area contributed by atoms with Crippen molar-refractivity contribution in [2.75, 3.05) is 0 Å². The van der Waals surface area contributed by atoms with E-state index >= 15 is 0 Å². The summed E-state index contributed by atoms with van der Waals surface area (Å²) in [4.78, 5) is 9.86. The van der Waals surface area contributed by atoms with Crippen molar-refractivity contribution in [3.63, 3.8) is 0 Å². The third-order valence-corrected chi connectivity index (χ3v) is 12.5. The van der Waals surface area contributed by atoms with E-state index in [2.05, 4.69) is 28.8 Å². The lowest BCUT2D eigenvalue weighted by atomic mass is 9.64. The number of H-pyrrole nitrogens is 1. The molecule has 8 aromatic rings. The summed E-state index contributed by atoms with van der Waals surface area (Å²) in [7, 11) is -0.985. The van der Waals surface area contributed by atoms with Crippen molar-refractivity contribution in [2.24, 2.45) is 0 Å². The fourth-order valence-corrected chi connectivity index (χ4v) is 11.6. The van der Waals surface area contributed by atoms with Gasteiger partial charge in [0.05, 0.1) is 17.0 Å². The predicted octanol–water partition coefficient (Wildman–Crippen LogP) is 7.67. The van der Waals surface area contributed by atoms with E-state index in [0.29, 0.717) is 17.3 Å². The fraction of sp³-hybridized carbons (Fsp3) is 0.121. The van der Waals surface area contributed by atoms with E-state index in [9.17, 15) is 9.32 Å². The highest BCUT2D eigenvalue weighted by molar-refractivity contribution is 7.83. The number of aromatic amines is 1. The zero-order chi connectivity index (χ0) is 25.0. The van der Waals surface area contributed by atoms with E-state index in [1.807, 2.05) is 29.7 Å². The highest BCUT2D eigenvalue weighted by atomic mass is 32.2. The number of nitrogens with zero attached hydrogens (tertiary/aromatic N) is 1. The molecule has 0 saturated heterocycles. The second-order valence-electron chi connectivity index (χ2n) is 11.8. The number of aromatic hydroxyl groups is 1. The van der Waals surface area contributed by atoms with Crippen molar-refractivity contribution >= 4 is 86.9 Å². The average molecular weight is 537 g/mol. The number of phenolic OH excluding ortho intramolecular Hbond substituents is 1. The molecule has 0 fully saturated rings. The Balaban J connectivity index is 1.56. The van der Waals surface area contributed by atoms with Gasteiger partial charge in [0.2, 0.25) is 0 Å². The summed E-state index contributed by atoms with van der Waals surface area (Å²) in [5.74, 6) is 1.64. The summed E-state index contributed by atoms with van der Waals surface area (Å²) in [5, 5.41) is 27.0. The summed E-state index contributed by atoms with van der Waals surface area (Å²) >= 11 is 1.88. The zero-order valence-corrected chi connectivity index (χ0v) is 22.0. The second-order valence-corrected chi connectivity index (χ2v) is 14.2. The lowest BCUT2D eigenvalue weighted by molar-refractivity contribution is 0.477. The van der Waals surface area contributed by atoms with Gasteiger partial charge in [0, 0.05) is 73.7 Å². The highest BCUT2D eigenvalue weighted by Crippen LogP contribution is 2.64. The minimum absolute atomic E-state index is 0.197. The Bertz CT molecular complexity index is 2620. The van der Waals surface area contributed by atoms with Gasteiger partial charge in [0.15, 0.2) is 0 Å². The van der Waals surface area contributed by atoms with Crippen LogP contribution in [0.1, 0.15) is 44.2 Å². The van der Waals surface area contributed by atoms with Crippen LogP contribution in [-0.2, 0) is 28.7 Å². The molecule has 6 heteroatoms. The number of thiophene rings is 1. The van der Waals surface area contributed by atoms with Crippen molar-refractivity contribution in [1.29, 1.82) is 0 Å². The first-order chi connectivity index (χ1) is 19.2. The summed E-state index contributed by atoms with van der Waals surface area (Å²) in [6.45, 7) is 0. The molecule has 3 aliphatic carbocycles. The van der Waals surface area contributed by atoms with Crippen LogP contribution in [0.5, 0.6) is 5.75 Å². The van der Waals surface area contributed by atoms with Gasteiger partial charge in [-0.2, -0.15) is 0 Å². The number of phenols is 1. The molecule has 0 spiro atoms. The number of benzene rings is 5. The SMILES string of the molecule is O=S1Cc2c3cncc4c3c3c5c2c(c2[nH]cc6c7cc(O)cc8cc9c(c(c87)c5c26)C3c2c-4csc2C9)C1. The van der Waals surface area contributed by atoms with Crippen LogP contribution in [0.2, 0.25) is 0 Å². The Morgan fingerprint density at radius 1 is 0.846 bits per heavy atom. The van der Waals surface area contributed by atoms with Gasteiger partial charge in [0.25, 0.3) is 0 Å². The fourth-order valence-electron chi connectivity index (χ4n) is 9.14. The Morgan fingerprint density at radius 3 is 2.69 bits per heavy atom. The van der Waals surface area contributed by atoms with Crippen LogP contribution in [0.4, 0.5) is 0 Å². The molecule has 4 aliphatic rings. The molecule has 0 saturated carbocycles. The van der Waals surface area contributed by atoms with Crippen LogP contribution < -0.4 is 0 Å². The van der Waals surface area contributed by atoms with E-state index < -0.39 is 10.8 Å². The Hall–Kier alpha value is -4.00. The van der Waals surface area contributed by atoms with Crippen LogP contribution in [0.3, 0.4) is 0 Å². The third-order valence-electron chi connectivity index (χ3n) is 10.3. The molecule has 0 bridgehead atoms. The van der Waals surface area contributed by atoms with Crippen molar-refractivity contribution < 1.29 is 9.32 Å². The van der Waals surface area contributed by atoms with E-state index in [-0.39, 0.29) is 5.92 Å². The molecule has 12 rings (SSSR count). The topological polar surface area (TPSA) is 66.0 Å². The zero-order valence-electron chi connectivity index (χ0n) is 20.4. The lowest BCUT2D eigenvalue weighted by Crippen LogP contribution is -2.22. The smallest absolute Gasteiger partial charge is 0.116 e. The van der Waals surface area contributed by atoms with Crippen LogP contribution in [0, 0.1) is 0 Å². The summed E-state index contributed by atoms with van der Waals surface area (Å²) in [5.41, 5.74) is 11.8.